The third kappa shape index (κ3) is 2.14. The smallest absolute Gasteiger partial charge is 0.128 e. The van der Waals surface area contributed by atoms with E-state index in [2.05, 4.69) is 26.1 Å². The maximum atomic E-state index is 6.14. The van der Waals surface area contributed by atoms with Gasteiger partial charge in [-0.3, -0.25) is 0 Å². The van der Waals surface area contributed by atoms with Crippen molar-refractivity contribution < 1.29 is 0 Å². The van der Waals surface area contributed by atoms with E-state index < -0.39 is 4.33 Å². The molecule has 0 bridgehead atoms. The van der Waals surface area contributed by atoms with Gasteiger partial charge in [-0.1, -0.05) is 27.2 Å². The Morgan fingerprint density at radius 1 is 1.31 bits per heavy atom. The second kappa shape index (κ2) is 3.96. The highest BCUT2D eigenvalue weighted by atomic mass is 35.5. The maximum absolute atomic E-state index is 6.14. The van der Waals surface area contributed by atoms with Crippen LogP contribution in [-0.4, -0.2) is 17.4 Å². The van der Waals surface area contributed by atoms with Crippen molar-refractivity contribution in [2.24, 2.45) is 11.3 Å². The largest absolute Gasteiger partial charge is 0.316 e. The Balaban J connectivity index is 2.19. The summed E-state index contributed by atoms with van der Waals surface area (Å²) in [6.07, 6.45) is 2.46. The van der Waals surface area contributed by atoms with Gasteiger partial charge < -0.3 is 5.32 Å². The molecule has 0 heterocycles. The van der Waals surface area contributed by atoms with E-state index in [1.54, 1.807) is 0 Å². The fourth-order valence-electron chi connectivity index (χ4n) is 1.69. The first-order valence-corrected chi connectivity index (χ1v) is 5.78. The van der Waals surface area contributed by atoms with Crippen LogP contribution in [0.2, 0.25) is 0 Å². The quantitative estimate of drug-likeness (QED) is 0.558. The molecular weight excluding hydrogens is 205 g/mol. The van der Waals surface area contributed by atoms with Crippen molar-refractivity contribution in [1.29, 1.82) is 0 Å². The van der Waals surface area contributed by atoms with E-state index in [0.717, 1.165) is 13.1 Å². The van der Waals surface area contributed by atoms with Gasteiger partial charge >= 0.3 is 0 Å². The molecule has 13 heavy (non-hydrogen) atoms. The van der Waals surface area contributed by atoms with Crippen LogP contribution >= 0.6 is 23.2 Å². The molecule has 1 aliphatic rings. The number of nitrogens with one attached hydrogen (secondary N) is 1. The van der Waals surface area contributed by atoms with E-state index in [1.807, 2.05) is 0 Å². The highest BCUT2D eigenvalue weighted by molar-refractivity contribution is 6.51. The molecule has 78 valence electrons. The van der Waals surface area contributed by atoms with E-state index in [0.29, 0.717) is 5.92 Å². The molecule has 3 heteroatoms. The molecule has 0 aromatic rings. The predicted octanol–water partition coefficient (Wildman–Crippen LogP) is 3.21. The molecule has 0 saturated heterocycles. The standard InChI is InChI=1S/C10H19Cl2N/c1-4-5-6-13-7-8-9(2,3)10(8,11)12/h8,13H,4-7H2,1-3H3/t8-/m0/s1. The topological polar surface area (TPSA) is 12.0 Å². The third-order valence-corrected chi connectivity index (χ3v) is 4.64. The van der Waals surface area contributed by atoms with Gasteiger partial charge in [-0.05, 0) is 13.0 Å². The number of unbranched alkanes of at least 4 members (excludes halogenated alkanes) is 1. The van der Waals surface area contributed by atoms with Crippen LogP contribution in [0.15, 0.2) is 0 Å². The maximum Gasteiger partial charge on any atom is 0.128 e. The fraction of sp³-hybridized carbons (Fsp3) is 1.00. The van der Waals surface area contributed by atoms with Gasteiger partial charge in [-0.25, -0.2) is 0 Å². The van der Waals surface area contributed by atoms with Crippen LogP contribution < -0.4 is 5.32 Å². The van der Waals surface area contributed by atoms with Crippen LogP contribution in [0.4, 0.5) is 0 Å². The van der Waals surface area contributed by atoms with Gasteiger partial charge in [0.05, 0.1) is 0 Å². The number of hydrogen-bond donors (Lipinski definition) is 1. The van der Waals surface area contributed by atoms with E-state index in [1.165, 1.54) is 12.8 Å². The minimum atomic E-state index is -0.508. The Labute approximate surface area is 91.2 Å². The molecule has 0 radical (unpaired) electrons. The van der Waals surface area contributed by atoms with E-state index in [4.69, 9.17) is 23.2 Å². The Bertz CT molecular complexity index is 164. The van der Waals surface area contributed by atoms with Gasteiger partial charge in [0.2, 0.25) is 0 Å². The predicted molar refractivity (Wildman–Crippen MR) is 59.5 cm³/mol. The lowest BCUT2D eigenvalue weighted by Crippen LogP contribution is -2.20. The van der Waals surface area contributed by atoms with Gasteiger partial charge in [0, 0.05) is 17.9 Å². The van der Waals surface area contributed by atoms with Crippen LogP contribution in [-0.2, 0) is 0 Å². The van der Waals surface area contributed by atoms with Crippen molar-refractivity contribution in [3.05, 3.63) is 0 Å². The summed E-state index contributed by atoms with van der Waals surface area (Å²) in [5.41, 5.74) is 0.0787. The molecule has 1 nitrogen and oxygen atoms in total. The summed E-state index contributed by atoms with van der Waals surface area (Å²) < 4.78 is -0.508. The van der Waals surface area contributed by atoms with E-state index in [9.17, 15) is 0 Å². The van der Waals surface area contributed by atoms with Crippen LogP contribution in [0.25, 0.3) is 0 Å². The summed E-state index contributed by atoms with van der Waals surface area (Å²) in [6, 6.07) is 0. The molecule has 0 unspecified atom stereocenters. The van der Waals surface area contributed by atoms with Crippen molar-refractivity contribution in [3.63, 3.8) is 0 Å². The highest BCUT2D eigenvalue weighted by Gasteiger charge is 2.69. The molecule has 1 N–H and O–H groups in total. The summed E-state index contributed by atoms with van der Waals surface area (Å²) in [7, 11) is 0. The second-order valence-corrected chi connectivity index (χ2v) is 5.84. The highest BCUT2D eigenvalue weighted by Crippen LogP contribution is 2.68. The first-order valence-electron chi connectivity index (χ1n) is 5.03. The molecule has 0 aromatic carbocycles. The van der Waals surface area contributed by atoms with Crippen LogP contribution in [0.3, 0.4) is 0 Å². The Kier molecular flexibility index (Phi) is 3.54. The third-order valence-electron chi connectivity index (χ3n) is 3.14. The molecule has 1 fully saturated rings. The monoisotopic (exact) mass is 223 g/mol. The van der Waals surface area contributed by atoms with Crippen LogP contribution in [0, 0.1) is 11.3 Å². The van der Waals surface area contributed by atoms with Gasteiger partial charge in [0.25, 0.3) is 0 Å². The number of rotatable bonds is 5. The number of alkyl halides is 2. The summed E-state index contributed by atoms with van der Waals surface area (Å²) in [6.45, 7) is 8.46. The summed E-state index contributed by atoms with van der Waals surface area (Å²) in [4.78, 5) is 0. The summed E-state index contributed by atoms with van der Waals surface area (Å²) in [5.74, 6) is 0.403. The average molecular weight is 224 g/mol. The molecule has 1 rings (SSSR count). The van der Waals surface area contributed by atoms with Crippen molar-refractivity contribution in [2.45, 2.75) is 37.9 Å². The van der Waals surface area contributed by atoms with Crippen molar-refractivity contribution in [2.75, 3.05) is 13.1 Å². The Morgan fingerprint density at radius 2 is 1.85 bits per heavy atom. The molecule has 0 spiro atoms. The van der Waals surface area contributed by atoms with E-state index in [-0.39, 0.29) is 5.41 Å². The van der Waals surface area contributed by atoms with Gasteiger partial charge in [0.15, 0.2) is 0 Å². The van der Waals surface area contributed by atoms with Crippen LogP contribution in [0.5, 0.6) is 0 Å². The molecule has 0 amide bonds. The van der Waals surface area contributed by atoms with Crippen molar-refractivity contribution in [1.82, 2.24) is 5.32 Å². The van der Waals surface area contributed by atoms with Gasteiger partial charge in [-0.2, -0.15) is 0 Å². The Hall–Kier alpha value is 0.540. The lowest BCUT2D eigenvalue weighted by Gasteiger charge is -2.03. The summed E-state index contributed by atoms with van der Waals surface area (Å²) >= 11 is 12.3. The number of halogens is 2. The van der Waals surface area contributed by atoms with Crippen molar-refractivity contribution in [3.8, 4) is 0 Å². The first kappa shape index (κ1) is 11.6. The molecule has 0 aliphatic heterocycles. The van der Waals surface area contributed by atoms with Gasteiger partial charge in [0.1, 0.15) is 4.33 Å². The zero-order valence-corrected chi connectivity index (χ0v) is 10.2. The van der Waals surface area contributed by atoms with Crippen molar-refractivity contribution >= 4 is 23.2 Å². The van der Waals surface area contributed by atoms with E-state index >= 15 is 0 Å². The molecular formula is C10H19Cl2N. The Morgan fingerprint density at radius 3 is 2.23 bits per heavy atom. The lowest BCUT2D eigenvalue weighted by atomic mass is 10.1. The van der Waals surface area contributed by atoms with Gasteiger partial charge in [-0.15, -0.1) is 23.2 Å². The minimum absolute atomic E-state index is 0.0787. The fourth-order valence-corrected chi connectivity index (χ4v) is 2.54. The average Bonchev–Trinajstić information content (AvgIpc) is 2.39. The number of hydrogen-bond acceptors (Lipinski definition) is 1. The van der Waals surface area contributed by atoms with Crippen LogP contribution in [0.1, 0.15) is 33.6 Å². The second-order valence-electron chi connectivity index (χ2n) is 4.45. The molecule has 1 aliphatic carbocycles. The summed E-state index contributed by atoms with van der Waals surface area (Å²) in [5, 5.41) is 3.39. The zero-order chi connectivity index (χ0) is 10.1. The first-order chi connectivity index (χ1) is 5.94. The minimum Gasteiger partial charge on any atom is -0.316 e. The lowest BCUT2D eigenvalue weighted by molar-refractivity contribution is 0.514. The SMILES string of the molecule is CCCCNC[C@H]1C(C)(C)C1(Cl)Cl. The normalized spacial score (nSPS) is 28.8. The molecule has 1 atom stereocenters. The molecule has 0 aromatic heterocycles. The zero-order valence-electron chi connectivity index (χ0n) is 8.66. The molecule has 1 saturated carbocycles.